The molecule has 1 unspecified atom stereocenters. The molecule has 1 atom stereocenters. The molecule has 2 fully saturated rings. The number of amides is 1. The number of hydrogen-bond acceptors (Lipinski definition) is 4. The second kappa shape index (κ2) is 9.62. The molecule has 1 amide bonds. The second-order valence-electron chi connectivity index (χ2n) is 9.49. The maximum absolute atomic E-state index is 14.1. The molecule has 5 rings (SSSR count). The van der Waals surface area contributed by atoms with Crippen molar-refractivity contribution in [3.05, 3.63) is 77.5 Å². The standard InChI is InChI=1S/C28H32N2O3/c1-21-4-2-6-25(16-21)28(9-13-32-14-10-28)27(31)30-12-15-33-20-23(19-30)17-22-7-8-26-24(18-22)5-3-11-29-26/h2-8,11,16,18,23H,9-10,12-15,17,19-20H2,1H3. The van der Waals surface area contributed by atoms with Crippen molar-refractivity contribution in [1.82, 2.24) is 9.88 Å². The van der Waals surface area contributed by atoms with Gasteiger partial charge in [-0.25, -0.2) is 0 Å². The lowest BCUT2D eigenvalue weighted by molar-refractivity contribution is -0.141. The zero-order valence-corrected chi connectivity index (χ0v) is 19.3. The molecule has 0 N–H and O–H groups in total. The van der Waals surface area contributed by atoms with Gasteiger partial charge in [-0.2, -0.15) is 0 Å². The zero-order valence-electron chi connectivity index (χ0n) is 19.3. The fourth-order valence-corrected chi connectivity index (χ4v) is 5.36. The summed E-state index contributed by atoms with van der Waals surface area (Å²) in [5.74, 6) is 0.495. The maximum atomic E-state index is 14.1. The third-order valence-corrected chi connectivity index (χ3v) is 7.14. The minimum Gasteiger partial charge on any atom is -0.381 e. The van der Waals surface area contributed by atoms with Gasteiger partial charge >= 0.3 is 0 Å². The van der Waals surface area contributed by atoms with E-state index >= 15 is 0 Å². The van der Waals surface area contributed by atoms with Gasteiger partial charge in [-0.15, -0.1) is 0 Å². The summed E-state index contributed by atoms with van der Waals surface area (Å²) in [5, 5.41) is 1.15. The molecule has 2 saturated heterocycles. The number of aryl methyl sites for hydroxylation is 1. The first-order valence-electron chi connectivity index (χ1n) is 12.0. The zero-order chi connectivity index (χ0) is 22.7. The van der Waals surface area contributed by atoms with Gasteiger partial charge in [0.05, 0.1) is 24.1 Å². The Morgan fingerprint density at radius 1 is 1.06 bits per heavy atom. The van der Waals surface area contributed by atoms with E-state index in [1.807, 2.05) is 12.3 Å². The van der Waals surface area contributed by atoms with E-state index < -0.39 is 5.41 Å². The molecule has 0 saturated carbocycles. The Kier molecular flexibility index (Phi) is 6.43. The first-order chi connectivity index (χ1) is 16.1. The van der Waals surface area contributed by atoms with Crippen LogP contribution in [0.2, 0.25) is 0 Å². The average molecular weight is 445 g/mol. The van der Waals surface area contributed by atoms with Crippen molar-refractivity contribution in [2.75, 3.05) is 39.5 Å². The molecule has 5 nitrogen and oxygen atoms in total. The number of carbonyl (C=O) groups excluding carboxylic acids is 1. The van der Waals surface area contributed by atoms with Gasteiger partial charge in [-0.05, 0) is 55.5 Å². The largest absolute Gasteiger partial charge is 0.381 e. The number of nitrogens with zero attached hydrogens (tertiary/aromatic N) is 2. The Hall–Kier alpha value is -2.76. The van der Waals surface area contributed by atoms with Crippen molar-refractivity contribution < 1.29 is 14.3 Å². The third kappa shape index (κ3) is 4.66. The fourth-order valence-electron chi connectivity index (χ4n) is 5.36. The lowest BCUT2D eigenvalue weighted by Gasteiger charge is -2.40. The number of fused-ring (bicyclic) bond motifs is 1. The molecule has 172 valence electrons. The number of carbonyl (C=O) groups is 1. The number of pyridine rings is 1. The topological polar surface area (TPSA) is 51.7 Å². The lowest BCUT2D eigenvalue weighted by atomic mass is 9.72. The molecule has 3 heterocycles. The molecule has 0 spiro atoms. The molecule has 2 aliphatic rings. The monoisotopic (exact) mass is 444 g/mol. The van der Waals surface area contributed by atoms with E-state index in [9.17, 15) is 4.79 Å². The summed E-state index contributed by atoms with van der Waals surface area (Å²) < 4.78 is 11.6. The summed E-state index contributed by atoms with van der Waals surface area (Å²) in [6.45, 7) is 5.97. The van der Waals surface area contributed by atoms with Gasteiger partial charge in [0.1, 0.15) is 0 Å². The van der Waals surface area contributed by atoms with Crippen LogP contribution in [0.4, 0.5) is 0 Å². The molecule has 2 aromatic carbocycles. The minimum atomic E-state index is -0.506. The van der Waals surface area contributed by atoms with Crippen LogP contribution in [0.25, 0.3) is 10.9 Å². The van der Waals surface area contributed by atoms with Gasteiger partial charge < -0.3 is 14.4 Å². The number of hydrogen-bond donors (Lipinski definition) is 0. The van der Waals surface area contributed by atoms with Gasteiger partial charge in [0.15, 0.2) is 0 Å². The van der Waals surface area contributed by atoms with Crippen LogP contribution in [0.5, 0.6) is 0 Å². The highest BCUT2D eigenvalue weighted by molar-refractivity contribution is 5.88. The SMILES string of the molecule is Cc1cccc(C2(C(=O)N3CCOCC(Cc4ccc5ncccc5c4)C3)CCOCC2)c1. The number of aromatic nitrogens is 1. The van der Waals surface area contributed by atoms with Crippen molar-refractivity contribution >= 4 is 16.8 Å². The molecular formula is C28H32N2O3. The van der Waals surface area contributed by atoms with Gasteiger partial charge in [0.25, 0.3) is 0 Å². The molecule has 5 heteroatoms. The van der Waals surface area contributed by atoms with E-state index in [2.05, 4.69) is 65.3 Å². The van der Waals surface area contributed by atoms with Crippen LogP contribution in [0.1, 0.15) is 29.5 Å². The van der Waals surface area contributed by atoms with Crippen molar-refractivity contribution in [2.45, 2.75) is 31.6 Å². The first-order valence-corrected chi connectivity index (χ1v) is 12.0. The van der Waals surface area contributed by atoms with Crippen LogP contribution < -0.4 is 0 Å². The maximum Gasteiger partial charge on any atom is 0.233 e. The highest BCUT2D eigenvalue weighted by Crippen LogP contribution is 2.37. The molecule has 0 aliphatic carbocycles. The number of rotatable bonds is 4. The van der Waals surface area contributed by atoms with Crippen LogP contribution in [0, 0.1) is 12.8 Å². The molecule has 33 heavy (non-hydrogen) atoms. The Labute approximate surface area is 195 Å². The average Bonchev–Trinajstić information content (AvgIpc) is 3.09. The Balaban J connectivity index is 1.38. The molecule has 2 aliphatic heterocycles. The lowest BCUT2D eigenvalue weighted by Crippen LogP contribution is -2.51. The number of ether oxygens (including phenoxy) is 2. The van der Waals surface area contributed by atoms with Crippen molar-refractivity contribution in [1.29, 1.82) is 0 Å². The molecule has 0 radical (unpaired) electrons. The predicted molar refractivity (Wildman–Crippen MR) is 129 cm³/mol. The van der Waals surface area contributed by atoms with Crippen molar-refractivity contribution in [2.24, 2.45) is 5.92 Å². The van der Waals surface area contributed by atoms with Gasteiger partial charge in [0, 0.05) is 43.8 Å². The summed E-state index contributed by atoms with van der Waals surface area (Å²) in [7, 11) is 0. The minimum absolute atomic E-state index is 0.231. The second-order valence-corrected chi connectivity index (χ2v) is 9.49. The Bertz CT molecular complexity index is 1120. The summed E-state index contributed by atoms with van der Waals surface area (Å²) in [5.41, 5.74) is 4.08. The third-order valence-electron chi connectivity index (χ3n) is 7.14. The van der Waals surface area contributed by atoms with E-state index in [1.165, 1.54) is 11.1 Å². The van der Waals surface area contributed by atoms with E-state index in [-0.39, 0.29) is 11.8 Å². The van der Waals surface area contributed by atoms with Crippen LogP contribution >= 0.6 is 0 Å². The Morgan fingerprint density at radius 2 is 1.94 bits per heavy atom. The van der Waals surface area contributed by atoms with E-state index in [0.717, 1.165) is 42.3 Å². The fraction of sp³-hybridized carbons (Fsp3) is 0.429. The predicted octanol–water partition coefficient (Wildman–Crippen LogP) is 4.31. The van der Waals surface area contributed by atoms with Gasteiger partial charge in [-0.3, -0.25) is 9.78 Å². The molecule has 0 bridgehead atoms. The molecular weight excluding hydrogens is 412 g/mol. The normalized spacial score (nSPS) is 21.0. The smallest absolute Gasteiger partial charge is 0.233 e. The molecule has 3 aromatic rings. The van der Waals surface area contributed by atoms with Gasteiger partial charge in [0.2, 0.25) is 5.91 Å². The van der Waals surface area contributed by atoms with Crippen molar-refractivity contribution in [3.8, 4) is 0 Å². The van der Waals surface area contributed by atoms with Crippen LogP contribution in [-0.2, 0) is 26.1 Å². The molecule has 1 aromatic heterocycles. The van der Waals surface area contributed by atoms with Crippen LogP contribution in [-0.4, -0.2) is 55.3 Å². The van der Waals surface area contributed by atoms with E-state index in [1.54, 1.807) is 0 Å². The van der Waals surface area contributed by atoms with Gasteiger partial charge in [-0.1, -0.05) is 42.0 Å². The summed E-state index contributed by atoms with van der Waals surface area (Å²) >= 11 is 0. The summed E-state index contributed by atoms with van der Waals surface area (Å²) in [6, 6.07) is 19.0. The van der Waals surface area contributed by atoms with Crippen molar-refractivity contribution in [3.63, 3.8) is 0 Å². The summed E-state index contributed by atoms with van der Waals surface area (Å²) in [6.07, 6.45) is 4.17. The van der Waals surface area contributed by atoms with Crippen LogP contribution in [0.3, 0.4) is 0 Å². The quantitative estimate of drug-likeness (QED) is 0.602. The number of benzene rings is 2. The van der Waals surface area contributed by atoms with Crippen LogP contribution in [0.15, 0.2) is 60.8 Å². The Morgan fingerprint density at radius 3 is 2.79 bits per heavy atom. The summed E-state index contributed by atoms with van der Waals surface area (Å²) in [4.78, 5) is 20.6. The van der Waals surface area contributed by atoms with E-state index in [0.29, 0.717) is 33.0 Å². The van der Waals surface area contributed by atoms with E-state index in [4.69, 9.17) is 9.47 Å². The first kappa shape index (κ1) is 22.1. The highest BCUT2D eigenvalue weighted by Gasteiger charge is 2.44. The highest BCUT2D eigenvalue weighted by atomic mass is 16.5.